The van der Waals surface area contributed by atoms with Crippen LogP contribution in [0.25, 0.3) is 38.9 Å². The highest BCUT2D eigenvalue weighted by Crippen LogP contribution is 2.37. The highest BCUT2D eigenvalue weighted by Gasteiger charge is 2.26. The Morgan fingerprint density at radius 3 is 2.24 bits per heavy atom. The summed E-state index contributed by atoms with van der Waals surface area (Å²) >= 11 is 0. The van der Waals surface area contributed by atoms with Gasteiger partial charge in [-0.2, -0.15) is 4.57 Å². The lowest BCUT2D eigenvalue weighted by atomic mass is 10.0. The van der Waals surface area contributed by atoms with Crippen molar-refractivity contribution in [2.24, 2.45) is 7.05 Å². The zero-order valence-electron chi connectivity index (χ0n) is 17.6. The number of furan rings is 1. The van der Waals surface area contributed by atoms with Crippen molar-refractivity contribution in [2.75, 3.05) is 0 Å². The first-order valence-corrected chi connectivity index (χ1v) is 10.0. The molecule has 0 aliphatic carbocycles. The molecule has 0 N–H and O–H groups in total. The van der Waals surface area contributed by atoms with E-state index in [-0.39, 0.29) is 0 Å². The monoisotopic (exact) mass is 381 g/mol. The summed E-state index contributed by atoms with van der Waals surface area (Å²) in [6.07, 6.45) is 2.25. The van der Waals surface area contributed by atoms with Crippen molar-refractivity contribution in [1.29, 1.82) is 0 Å². The van der Waals surface area contributed by atoms with Gasteiger partial charge in [0.2, 0.25) is 0 Å². The van der Waals surface area contributed by atoms with Crippen LogP contribution >= 0.6 is 0 Å². The molecule has 2 heterocycles. The number of hydrogen-bond acceptors (Lipinski definition) is 1. The van der Waals surface area contributed by atoms with Crippen LogP contribution in [0.1, 0.15) is 22.5 Å². The van der Waals surface area contributed by atoms with Gasteiger partial charge >= 0.3 is 0 Å². The van der Waals surface area contributed by atoms with E-state index in [0.717, 1.165) is 27.8 Å². The highest BCUT2D eigenvalue weighted by molar-refractivity contribution is 6.09. The van der Waals surface area contributed by atoms with Crippen LogP contribution in [-0.4, -0.2) is 4.57 Å². The summed E-state index contributed by atoms with van der Waals surface area (Å²) in [5, 5.41) is 2.33. The number of aryl methyl sites for hydroxylation is 3. The Balaban J connectivity index is 1.84. The molecular weight excluding hydrogens is 356 g/mol. The molecule has 2 aromatic heterocycles. The standard InChI is InChI=1S/C26H25N2O/c1-16-13-14-21-20-11-6-7-12-23(20)29-26(21)24(16)22-15-28(19(4)27(22)5)25-17(2)9-8-10-18(25)3/h6-15H,1-5H3/q+1. The number of para-hydroxylation sites is 2. The third kappa shape index (κ3) is 2.54. The van der Waals surface area contributed by atoms with E-state index in [4.69, 9.17) is 4.42 Å². The first-order chi connectivity index (χ1) is 14.0. The van der Waals surface area contributed by atoms with E-state index in [0.29, 0.717) is 0 Å². The molecule has 29 heavy (non-hydrogen) atoms. The molecule has 0 aliphatic heterocycles. The van der Waals surface area contributed by atoms with Gasteiger partial charge in [-0.3, -0.25) is 0 Å². The Hall–Kier alpha value is -3.33. The molecule has 0 unspecified atom stereocenters. The summed E-state index contributed by atoms with van der Waals surface area (Å²) in [7, 11) is 2.13. The number of nitrogens with zero attached hydrogens (tertiary/aromatic N) is 2. The Kier molecular flexibility index (Phi) is 3.88. The van der Waals surface area contributed by atoms with E-state index in [1.54, 1.807) is 0 Å². The number of benzene rings is 3. The molecule has 0 fully saturated rings. The average molecular weight is 381 g/mol. The topological polar surface area (TPSA) is 21.9 Å². The van der Waals surface area contributed by atoms with Crippen molar-refractivity contribution >= 4 is 21.9 Å². The van der Waals surface area contributed by atoms with Crippen molar-refractivity contribution in [2.45, 2.75) is 27.7 Å². The third-order valence-electron chi connectivity index (χ3n) is 6.14. The molecule has 0 atom stereocenters. The molecule has 0 aliphatic rings. The number of aromatic nitrogens is 2. The Morgan fingerprint density at radius 1 is 0.759 bits per heavy atom. The van der Waals surface area contributed by atoms with Crippen molar-refractivity contribution in [3.8, 4) is 16.9 Å². The predicted octanol–water partition coefficient (Wildman–Crippen LogP) is 6.10. The van der Waals surface area contributed by atoms with Crippen LogP contribution in [0.15, 0.2) is 65.2 Å². The van der Waals surface area contributed by atoms with Crippen LogP contribution < -0.4 is 4.57 Å². The molecule has 0 spiro atoms. The number of imidazole rings is 1. The molecule has 5 rings (SSSR count). The molecule has 144 valence electrons. The fraction of sp³-hybridized carbons (Fsp3) is 0.192. The van der Waals surface area contributed by atoms with Crippen molar-refractivity contribution < 1.29 is 8.98 Å². The molecular formula is C26H25N2O+. The van der Waals surface area contributed by atoms with Crippen LogP contribution in [0.5, 0.6) is 0 Å². The van der Waals surface area contributed by atoms with E-state index < -0.39 is 0 Å². The Bertz CT molecular complexity index is 1380. The first kappa shape index (κ1) is 17.7. The summed E-state index contributed by atoms with van der Waals surface area (Å²) in [5.74, 6) is 1.19. The predicted molar refractivity (Wildman–Crippen MR) is 119 cm³/mol. The highest BCUT2D eigenvalue weighted by atomic mass is 16.3. The fourth-order valence-corrected chi connectivity index (χ4v) is 4.49. The molecule has 0 radical (unpaired) electrons. The van der Waals surface area contributed by atoms with Crippen molar-refractivity contribution in [3.05, 3.63) is 83.3 Å². The van der Waals surface area contributed by atoms with E-state index in [1.807, 2.05) is 12.1 Å². The van der Waals surface area contributed by atoms with Gasteiger partial charge < -0.3 is 4.42 Å². The minimum Gasteiger partial charge on any atom is -0.455 e. The normalized spacial score (nSPS) is 11.6. The lowest BCUT2D eigenvalue weighted by molar-refractivity contribution is -0.602. The van der Waals surface area contributed by atoms with E-state index in [9.17, 15) is 0 Å². The zero-order valence-corrected chi connectivity index (χ0v) is 17.6. The molecule has 0 saturated carbocycles. The second kappa shape index (κ2) is 6.35. The van der Waals surface area contributed by atoms with E-state index >= 15 is 0 Å². The number of rotatable bonds is 2. The molecule has 3 nitrogen and oxygen atoms in total. The van der Waals surface area contributed by atoms with Crippen LogP contribution in [0.4, 0.5) is 0 Å². The minimum atomic E-state index is 0.933. The molecule has 3 heteroatoms. The van der Waals surface area contributed by atoms with Crippen LogP contribution in [0.3, 0.4) is 0 Å². The summed E-state index contributed by atoms with van der Waals surface area (Å²) < 4.78 is 10.9. The van der Waals surface area contributed by atoms with Gasteiger partial charge in [0.25, 0.3) is 5.82 Å². The van der Waals surface area contributed by atoms with E-state index in [1.165, 1.54) is 33.6 Å². The van der Waals surface area contributed by atoms with Gasteiger partial charge in [0, 0.05) is 17.7 Å². The largest absolute Gasteiger partial charge is 0.455 e. The van der Waals surface area contributed by atoms with Gasteiger partial charge in [0.05, 0.1) is 12.6 Å². The second-order valence-corrected chi connectivity index (χ2v) is 7.96. The lowest BCUT2D eigenvalue weighted by Crippen LogP contribution is -2.34. The zero-order chi connectivity index (χ0) is 20.3. The van der Waals surface area contributed by atoms with Crippen LogP contribution in [0.2, 0.25) is 0 Å². The maximum atomic E-state index is 6.35. The molecule has 0 bridgehead atoms. The molecule has 0 saturated heterocycles. The molecule has 5 aromatic rings. The van der Waals surface area contributed by atoms with E-state index in [2.05, 4.69) is 92.5 Å². The Labute approximate surface area is 170 Å². The maximum Gasteiger partial charge on any atom is 0.258 e. The number of fused-ring (bicyclic) bond motifs is 3. The fourth-order valence-electron chi connectivity index (χ4n) is 4.49. The van der Waals surface area contributed by atoms with Gasteiger partial charge in [-0.25, -0.2) is 4.57 Å². The quantitative estimate of drug-likeness (QED) is 0.339. The van der Waals surface area contributed by atoms with Gasteiger partial charge in [-0.1, -0.05) is 48.5 Å². The summed E-state index contributed by atoms with van der Waals surface area (Å²) in [6, 6.07) is 19.1. The molecule has 0 amide bonds. The minimum absolute atomic E-state index is 0.933. The van der Waals surface area contributed by atoms with Gasteiger partial charge in [0.1, 0.15) is 23.1 Å². The van der Waals surface area contributed by atoms with Crippen LogP contribution in [-0.2, 0) is 7.05 Å². The van der Waals surface area contributed by atoms with Gasteiger partial charge in [-0.05, 0) is 43.5 Å². The van der Waals surface area contributed by atoms with Gasteiger partial charge in [0.15, 0.2) is 5.69 Å². The summed E-state index contributed by atoms with van der Waals surface area (Å²) in [4.78, 5) is 0. The summed E-state index contributed by atoms with van der Waals surface area (Å²) in [5.41, 5.74) is 9.22. The smallest absolute Gasteiger partial charge is 0.258 e. The SMILES string of the molecule is Cc1cccc(C)c1-[n+]1cc(-c2c(C)ccc3c2oc2ccccc23)n(C)c1C. The van der Waals surface area contributed by atoms with Crippen molar-refractivity contribution in [1.82, 2.24) is 4.57 Å². The first-order valence-electron chi connectivity index (χ1n) is 10.0. The maximum absolute atomic E-state index is 6.35. The lowest BCUT2D eigenvalue weighted by Gasteiger charge is -2.06. The van der Waals surface area contributed by atoms with Crippen molar-refractivity contribution in [3.63, 3.8) is 0 Å². The summed E-state index contributed by atoms with van der Waals surface area (Å²) in [6.45, 7) is 8.68. The number of hydrogen-bond donors (Lipinski definition) is 0. The van der Waals surface area contributed by atoms with Gasteiger partial charge in [-0.15, -0.1) is 0 Å². The average Bonchev–Trinajstić information content (AvgIpc) is 3.21. The Morgan fingerprint density at radius 2 is 1.48 bits per heavy atom. The third-order valence-corrected chi connectivity index (χ3v) is 6.14. The second-order valence-electron chi connectivity index (χ2n) is 7.96. The molecule has 3 aromatic carbocycles. The van der Waals surface area contributed by atoms with Crippen LogP contribution in [0, 0.1) is 27.7 Å².